The van der Waals surface area contributed by atoms with E-state index in [1.54, 1.807) is 0 Å². The Morgan fingerprint density at radius 2 is 1.72 bits per heavy atom. The first-order valence-corrected chi connectivity index (χ1v) is 6.48. The Bertz CT molecular complexity index is 557. The Balaban J connectivity index is 2.49. The van der Waals surface area contributed by atoms with Gasteiger partial charge >= 0.3 is 0 Å². The van der Waals surface area contributed by atoms with Crippen molar-refractivity contribution in [1.82, 2.24) is 0 Å². The van der Waals surface area contributed by atoms with Gasteiger partial charge in [-0.25, -0.2) is 4.39 Å². The lowest BCUT2D eigenvalue weighted by Gasteiger charge is -2.17. The molecule has 0 amide bonds. The summed E-state index contributed by atoms with van der Waals surface area (Å²) in [5.74, 6) is -0.268. The van der Waals surface area contributed by atoms with Crippen molar-refractivity contribution in [2.45, 2.75) is 20.0 Å². The summed E-state index contributed by atoms with van der Waals surface area (Å²) in [6.45, 7) is 3.62. The lowest BCUT2D eigenvalue weighted by Crippen LogP contribution is -2.05. The standard InChI is InChI=1S/C15H14BrFO/c1-9-6-13(17)7-10(2)14(9)15(18)11-4-3-5-12(16)8-11/h3-8,15,18H,1-2H3. The minimum Gasteiger partial charge on any atom is -0.384 e. The Kier molecular flexibility index (Phi) is 3.83. The predicted molar refractivity (Wildman–Crippen MR) is 74.1 cm³/mol. The molecule has 2 rings (SSSR count). The largest absolute Gasteiger partial charge is 0.384 e. The molecule has 0 radical (unpaired) electrons. The Labute approximate surface area is 114 Å². The molecule has 0 aromatic heterocycles. The second kappa shape index (κ2) is 5.21. The lowest BCUT2D eigenvalue weighted by molar-refractivity contribution is 0.218. The van der Waals surface area contributed by atoms with Crippen molar-refractivity contribution < 1.29 is 9.50 Å². The summed E-state index contributed by atoms with van der Waals surface area (Å²) in [7, 11) is 0. The van der Waals surface area contributed by atoms with Crippen molar-refractivity contribution in [3.63, 3.8) is 0 Å². The molecule has 2 aromatic rings. The SMILES string of the molecule is Cc1cc(F)cc(C)c1C(O)c1cccc(Br)c1. The molecule has 0 heterocycles. The lowest BCUT2D eigenvalue weighted by atomic mass is 9.93. The van der Waals surface area contributed by atoms with Gasteiger partial charge in [-0.1, -0.05) is 28.1 Å². The molecule has 0 saturated heterocycles. The van der Waals surface area contributed by atoms with Gasteiger partial charge < -0.3 is 5.11 Å². The molecule has 0 aliphatic rings. The van der Waals surface area contributed by atoms with Crippen LogP contribution < -0.4 is 0 Å². The van der Waals surface area contributed by atoms with Crippen LogP contribution in [0.15, 0.2) is 40.9 Å². The van der Waals surface area contributed by atoms with Crippen molar-refractivity contribution >= 4 is 15.9 Å². The molecule has 2 aromatic carbocycles. The van der Waals surface area contributed by atoms with Gasteiger partial charge in [0.05, 0.1) is 0 Å². The molecule has 1 N–H and O–H groups in total. The highest BCUT2D eigenvalue weighted by Crippen LogP contribution is 2.29. The zero-order valence-electron chi connectivity index (χ0n) is 10.2. The summed E-state index contributed by atoms with van der Waals surface area (Å²) >= 11 is 3.38. The second-order valence-electron chi connectivity index (χ2n) is 4.41. The molecule has 0 saturated carbocycles. The van der Waals surface area contributed by atoms with E-state index >= 15 is 0 Å². The molecule has 0 fully saturated rings. The van der Waals surface area contributed by atoms with Crippen molar-refractivity contribution in [2.75, 3.05) is 0 Å². The van der Waals surface area contributed by atoms with Crippen LogP contribution in [0, 0.1) is 19.7 Å². The van der Waals surface area contributed by atoms with E-state index in [2.05, 4.69) is 15.9 Å². The van der Waals surface area contributed by atoms with Crippen LogP contribution in [0.4, 0.5) is 4.39 Å². The van der Waals surface area contributed by atoms with Crippen LogP contribution in [-0.4, -0.2) is 5.11 Å². The van der Waals surface area contributed by atoms with E-state index < -0.39 is 6.10 Å². The summed E-state index contributed by atoms with van der Waals surface area (Å²) in [5, 5.41) is 10.4. The van der Waals surface area contributed by atoms with E-state index in [9.17, 15) is 9.50 Å². The normalized spacial score (nSPS) is 12.5. The van der Waals surface area contributed by atoms with Gasteiger partial charge in [0.2, 0.25) is 0 Å². The van der Waals surface area contributed by atoms with Crippen LogP contribution in [0.3, 0.4) is 0 Å². The Morgan fingerprint density at radius 3 is 2.28 bits per heavy atom. The highest BCUT2D eigenvalue weighted by Gasteiger charge is 2.16. The van der Waals surface area contributed by atoms with E-state index in [0.717, 1.165) is 26.7 Å². The van der Waals surface area contributed by atoms with Crippen LogP contribution >= 0.6 is 15.9 Å². The molecule has 0 spiro atoms. The Hall–Kier alpha value is -1.19. The number of aliphatic hydroxyl groups is 1. The van der Waals surface area contributed by atoms with Crippen LogP contribution in [0.1, 0.15) is 28.4 Å². The molecule has 94 valence electrons. The van der Waals surface area contributed by atoms with Crippen molar-refractivity contribution in [1.29, 1.82) is 0 Å². The van der Waals surface area contributed by atoms with E-state index in [1.807, 2.05) is 38.1 Å². The molecule has 0 aliphatic heterocycles. The van der Waals surface area contributed by atoms with Crippen molar-refractivity contribution in [3.8, 4) is 0 Å². The maximum atomic E-state index is 13.2. The zero-order chi connectivity index (χ0) is 13.3. The molecule has 1 atom stereocenters. The van der Waals surface area contributed by atoms with Gasteiger partial charge in [0.25, 0.3) is 0 Å². The fourth-order valence-electron chi connectivity index (χ4n) is 2.20. The predicted octanol–water partition coefficient (Wildman–Crippen LogP) is 4.29. The number of aliphatic hydroxyl groups excluding tert-OH is 1. The summed E-state index contributed by atoms with van der Waals surface area (Å²) in [4.78, 5) is 0. The molecule has 0 bridgehead atoms. The van der Waals surface area contributed by atoms with E-state index in [1.165, 1.54) is 12.1 Å². The average Bonchev–Trinajstić information content (AvgIpc) is 2.27. The molecule has 1 unspecified atom stereocenters. The van der Waals surface area contributed by atoms with Gasteiger partial charge in [-0.15, -0.1) is 0 Å². The fourth-order valence-corrected chi connectivity index (χ4v) is 2.61. The van der Waals surface area contributed by atoms with Gasteiger partial charge in [-0.2, -0.15) is 0 Å². The quantitative estimate of drug-likeness (QED) is 0.877. The monoisotopic (exact) mass is 308 g/mol. The number of rotatable bonds is 2. The van der Waals surface area contributed by atoms with Gasteiger partial charge in [0.1, 0.15) is 11.9 Å². The minimum atomic E-state index is -0.733. The highest BCUT2D eigenvalue weighted by atomic mass is 79.9. The van der Waals surface area contributed by atoms with Crippen LogP contribution in [0.25, 0.3) is 0 Å². The van der Waals surface area contributed by atoms with Crippen molar-refractivity contribution in [3.05, 3.63) is 68.9 Å². The zero-order valence-corrected chi connectivity index (χ0v) is 11.8. The molecule has 18 heavy (non-hydrogen) atoms. The molecular formula is C15H14BrFO. The molecule has 0 aliphatic carbocycles. The molecule has 3 heteroatoms. The highest BCUT2D eigenvalue weighted by molar-refractivity contribution is 9.10. The fraction of sp³-hybridized carbons (Fsp3) is 0.200. The maximum absolute atomic E-state index is 13.2. The average molecular weight is 309 g/mol. The topological polar surface area (TPSA) is 20.2 Å². The number of aryl methyl sites for hydroxylation is 2. The number of hydrogen-bond donors (Lipinski definition) is 1. The minimum absolute atomic E-state index is 0.268. The van der Waals surface area contributed by atoms with Gasteiger partial charge in [0, 0.05) is 4.47 Å². The first-order valence-electron chi connectivity index (χ1n) is 5.69. The van der Waals surface area contributed by atoms with Crippen LogP contribution in [0.2, 0.25) is 0 Å². The second-order valence-corrected chi connectivity index (χ2v) is 5.33. The Morgan fingerprint density at radius 1 is 1.11 bits per heavy atom. The van der Waals surface area contributed by atoms with E-state index in [0.29, 0.717) is 0 Å². The summed E-state index contributed by atoms with van der Waals surface area (Å²) in [6, 6.07) is 10.4. The van der Waals surface area contributed by atoms with E-state index in [-0.39, 0.29) is 5.82 Å². The number of halogens is 2. The summed E-state index contributed by atoms with van der Waals surface area (Å²) < 4.78 is 14.2. The third-order valence-electron chi connectivity index (χ3n) is 3.00. The smallest absolute Gasteiger partial charge is 0.123 e. The van der Waals surface area contributed by atoms with Crippen LogP contribution in [0.5, 0.6) is 0 Å². The number of hydrogen-bond acceptors (Lipinski definition) is 1. The third kappa shape index (κ3) is 2.62. The number of benzene rings is 2. The van der Waals surface area contributed by atoms with Gasteiger partial charge in [-0.3, -0.25) is 0 Å². The summed E-state index contributed by atoms with van der Waals surface area (Å²) in [5.41, 5.74) is 3.09. The van der Waals surface area contributed by atoms with E-state index in [4.69, 9.17) is 0 Å². The first-order chi connectivity index (χ1) is 8.49. The molecular weight excluding hydrogens is 295 g/mol. The first kappa shape index (κ1) is 13.2. The maximum Gasteiger partial charge on any atom is 0.123 e. The summed E-state index contributed by atoms with van der Waals surface area (Å²) in [6.07, 6.45) is -0.733. The van der Waals surface area contributed by atoms with Gasteiger partial charge in [0.15, 0.2) is 0 Å². The molecule has 1 nitrogen and oxygen atoms in total. The van der Waals surface area contributed by atoms with Gasteiger partial charge in [-0.05, 0) is 60.4 Å². The third-order valence-corrected chi connectivity index (χ3v) is 3.49. The van der Waals surface area contributed by atoms with Crippen molar-refractivity contribution in [2.24, 2.45) is 0 Å². The van der Waals surface area contributed by atoms with Crippen LogP contribution in [-0.2, 0) is 0 Å².